The van der Waals surface area contributed by atoms with Crippen LogP contribution >= 0.6 is 43.2 Å². The summed E-state index contributed by atoms with van der Waals surface area (Å²) in [7, 11) is 0. The Hall–Kier alpha value is -0.840. The van der Waals surface area contributed by atoms with Crippen LogP contribution in [0.4, 0.5) is 5.69 Å². The van der Waals surface area contributed by atoms with Crippen LogP contribution < -0.4 is 5.32 Å². The smallest absolute Gasteiger partial charge is 0.0505 e. The van der Waals surface area contributed by atoms with Gasteiger partial charge in [-0.3, -0.25) is 0 Å². The van der Waals surface area contributed by atoms with E-state index < -0.39 is 0 Å². The fourth-order valence-corrected chi connectivity index (χ4v) is 3.77. The van der Waals surface area contributed by atoms with Crippen LogP contribution in [-0.4, -0.2) is 0 Å². The molecule has 0 bridgehead atoms. The molecule has 1 N–H and O–H groups in total. The summed E-state index contributed by atoms with van der Waals surface area (Å²) < 4.78 is 2.29. The van der Waals surface area contributed by atoms with Crippen molar-refractivity contribution in [2.75, 3.05) is 5.32 Å². The number of hydrogen-bond acceptors (Lipinski definition) is 2. The molecule has 3 rings (SSSR count). The first-order chi connectivity index (χ1) is 9.22. The minimum absolute atomic E-state index is 0.848. The molecule has 1 heterocycles. The Morgan fingerprint density at radius 1 is 0.947 bits per heavy atom. The Bertz CT molecular complexity index is 721. The van der Waals surface area contributed by atoms with Gasteiger partial charge in [-0.25, -0.2) is 0 Å². The monoisotopic (exact) mass is 395 g/mol. The van der Waals surface area contributed by atoms with Gasteiger partial charge in [-0.1, -0.05) is 28.1 Å². The quantitative estimate of drug-likeness (QED) is 0.569. The highest BCUT2D eigenvalue weighted by Crippen LogP contribution is 2.26. The fourth-order valence-electron chi connectivity index (χ4n) is 1.96. The maximum Gasteiger partial charge on any atom is 0.0505 e. The largest absolute Gasteiger partial charge is 0.380 e. The van der Waals surface area contributed by atoms with E-state index in [1.165, 1.54) is 20.1 Å². The van der Waals surface area contributed by atoms with Gasteiger partial charge >= 0.3 is 0 Å². The van der Waals surface area contributed by atoms with Gasteiger partial charge in [0.2, 0.25) is 0 Å². The van der Waals surface area contributed by atoms with E-state index in [1.807, 2.05) is 0 Å². The minimum Gasteiger partial charge on any atom is -0.380 e. The van der Waals surface area contributed by atoms with Gasteiger partial charge in [-0.2, -0.15) is 0 Å². The number of rotatable bonds is 3. The summed E-state index contributed by atoms with van der Waals surface area (Å²) in [5.74, 6) is 0. The summed E-state index contributed by atoms with van der Waals surface area (Å²) in [5.41, 5.74) is 1.15. The molecule has 0 amide bonds. The maximum absolute atomic E-state index is 3.55. The van der Waals surface area contributed by atoms with Crippen molar-refractivity contribution < 1.29 is 0 Å². The zero-order valence-electron chi connectivity index (χ0n) is 9.99. The Balaban J connectivity index is 1.82. The molecule has 4 heteroatoms. The molecule has 1 nitrogen and oxygen atoms in total. The van der Waals surface area contributed by atoms with Gasteiger partial charge in [0.1, 0.15) is 0 Å². The first-order valence-electron chi connectivity index (χ1n) is 5.87. The van der Waals surface area contributed by atoms with Gasteiger partial charge in [0, 0.05) is 19.5 Å². The SMILES string of the molecule is Brc1ccc2cc(NCc3sccc3Br)ccc2c1. The van der Waals surface area contributed by atoms with Gasteiger partial charge in [0.05, 0.1) is 6.54 Å². The lowest BCUT2D eigenvalue weighted by Gasteiger charge is -2.07. The third-order valence-electron chi connectivity index (χ3n) is 2.95. The van der Waals surface area contributed by atoms with E-state index in [-0.39, 0.29) is 0 Å². The average Bonchev–Trinajstić information content (AvgIpc) is 2.82. The van der Waals surface area contributed by atoms with Crippen molar-refractivity contribution in [3.63, 3.8) is 0 Å². The molecular weight excluding hydrogens is 386 g/mol. The zero-order valence-corrected chi connectivity index (χ0v) is 14.0. The summed E-state index contributed by atoms with van der Waals surface area (Å²) in [6, 6.07) is 14.9. The number of anilines is 1. The molecule has 0 unspecified atom stereocenters. The minimum atomic E-state index is 0.848. The van der Waals surface area contributed by atoms with E-state index in [4.69, 9.17) is 0 Å². The second-order valence-electron chi connectivity index (χ2n) is 4.25. The Morgan fingerprint density at radius 3 is 2.53 bits per heavy atom. The van der Waals surface area contributed by atoms with Crippen LogP contribution in [0.3, 0.4) is 0 Å². The van der Waals surface area contributed by atoms with Crippen LogP contribution in [-0.2, 0) is 6.54 Å². The van der Waals surface area contributed by atoms with Gasteiger partial charge in [0.15, 0.2) is 0 Å². The van der Waals surface area contributed by atoms with Crippen molar-refractivity contribution in [1.82, 2.24) is 0 Å². The van der Waals surface area contributed by atoms with Crippen LogP contribution in [0.2, 0.25) is 0 Å². The van der Waals surface area contributed by atoms with Crippen molar-refractivity contribution in [2.45, 2.75) is 6.54 Å². The van der Waals surface area contributed by atoms with Gasteiger partial charge in [-0.15, -0.1) is 11.3 Å². The number of hydrogen-bond donors (Lipinski definition) is 1. The molecule has 0 aliphatic carbocycles. The van der Waals surface area contributed by atoms with Crippen molar-refractivity contribution in [1.29, 1.82) is 0 Å². The van der Waals surface area contributed by atoms with Crippen molar-refractivity contribution in [3.8, 4) is 0 Å². The first kappa shape index (κ1) is 13.2. The number of fused-ring (bicyclic) bond motifs is 1. The zero-order chi connectivity index (χ0) is 13.2. The molecule has 0 saturated carbocycles. The van der Waals surface area contributed by atoms with E-state index in [9.17, 15) is 0 Å². The van der Waals surface area contributed by atoms with Crippen LogP contribution in [0.15, 0.2) is 56.8 Å². The molecule has 0 aliphatic heterocycles. The Kier molecular flexibility index (Phi) is 3.91. The van der Waals surface area contributed by atoms with Gasteiger partial charge in [-0.05, 0) is 62.4 Å². The topological polar surface area (TPSA) is 12.0 Å². The predicted molar refractivity (Wildman–Crippen MR) is 91.0 cm³/mol. The average molecular weight is 397 g/mol. The highest BCUT2D eigenvalue weighted by molar-refractivity contribution is 9.10. The molecule has 3 aromatic rings. The lowest BCUT2D eigenvalue weighted by molar-refractivity contribution is 1.19. The molecule has 0 atom stereocenters. The number of benzene rings is 2. The van der Waals surface area contributed by atoms with Gasteiger partial charge < -0.3 is 5.32 Å². The second kappa shape index (κ2) is 5.65. The molecule has 19 heavy (non-hydrogen) atoms. The number of thiophene rings is 1. The Labute approximate surface area is 132 Å². The fraction of sp³-hybridized carbons (Fsp3) is 0.0667. The van der Waals surface area contributed by atoms with Crippen LogP contribution in [0.5, 0.6) is 0 Å². The van der Waals surface area contributed by atoms with E-state index >= 15 is 0 Å². The summed E-state index contributed by atoms with van der Waals surface area (Å²) in [6.45, 7) is 0.848. The molecule has 2 aromatic carbocycles. The highest BCUT2D eigenvalue weighted by Gasteiger charge is 2.02. The van der Waals surface area contributed by atoms with Crippen molar-refractivity contribution in [2.24, 2.45) is 0 Å². The van der Waals surface area contributed by atoms with E-state index in [0.717, 1.165) is 16.7 Å². The summed E-state index contributed by atoms with van der Waals surface area (Å²) in [5, 5.41) is 8.06. The standard InChI is InChI=1S/C15H11Br2NS/c16-12-3-1-11-8-13(4-2-10(11)7-12)18-9-15-14(17)5-6-19-15/h1-8,18H,9H2. The molecule has 0 fully saturated rings. The molecule has 0 spiro atoms. The number of halogens is 2. The molecule has 1 aromatic heterocycles. The maximum atomic E-state index is 3.55. The third-order valence-corrected chi connectivity index (χ3v) is 5.37. The van der Waals surface area contributed by atoms with Crippen LogP contribution in [0.1, 0.15) is 4.88 Å². The predicted octanol–water partition coefficient (Wildman–Crippen LogP) is 6.04. The Morgan fingerprint density at radius 2 is 1.74 bits per heavy atom. The second-order valence-corrected chi connectivity index (χ2v) is 7.02. The normalized spacial score (nSPS) is 10.8. The summed E-state index contributed by atoms with van der Waals surface area (Å²) in [6.07, 6.45) is 0. The van der Waals surface area contributed by atoms with Crippen LogP contribution in [0, 0.1) is 0 Å². The first-order valence-corrected chi connectivity index (χ1v) is 8.34. The molecule has 0 aliphatic rings. The van der Waals surface area contributed by atoms with E-state index in [2.05, 4.69) is 85.0 Å². The van der Waals surface area contributed by atoms with Crippen molar-refractivity contribution in [3.05, 3.63) is 61.7 Å². The molecule has 0 saturated heterocycles. The lowest BCUT2D eigenvalue weighted by Crippen LogP contribution is -1.97. The van der Waals surface area contributed by atoms with Gasteiger partial charge in [0.25, 0.3) is 0 Å². The molecular formula is C15H11Br2NS. The summed E-state index contributed by atoms with van der Waals surface area (Å²) in [4.78, 5) is 1.32. The summed E-state index contributed by atoms with van der Waals surface area (Å²) >= 11 is 8.81. The third kappa shape index (κ3) is 3.02. The molecule has 0 radical (unpaired) electrons. The van der Waals surface area contributed by atoms with Crippen molar-refractivity contribution >= 4 is 59.7 Å². The van der Waals surface area contributed by atoms with Crippen LogP contribution in [0.25, 0.3) is 10.8 Å². The van der Waals surface area contributed by atoms with E-state index in [1.54, 1.807) is 11.3 Å². The molecule has 96 valence electrons. The highest BCUT2D eigenvalue weighted by atomic mass is 79.9. The van der Waals surface area contributed by atoms with E-state index in [0.29, 0.717) is 0 Å². The number of nitrogens with one attached hydrogen (secondary N) is 1. The lowest BCUT2D eigenvalue weighted by atomic mass is 10.1.